The van der Waals surface area contributed by atoms with Gasteiger partial charge >= 0.3 is 65.4 Å². The molecule has 0 N–H and O–H groups in total. The zero-order valence-electron chi connectivity index (χ0n) is 15.1. The highest BCUT2D eigenvalue weighted by Crippen LogP contribution is 2.78. The summed E-state index contributed by atoms with van der Waals surface area (Å²) in [6.07, 6.45) is -8.50. The van der Waals surface area contributed by atoms with Crippen LogP contribution in [-0.2, 0) is 0 Å². The van der Waals surface area contributed by atoms with Crippen LogP contribution in [0.25, 0.3) is 0 Å². The van der Waals surface area contributed by atoms with Gasteiger partial charge in [-0.15, -0.1) is 4.90 Å². The largest absolute Gasteiger partial charge is 0.467 e. The minimum atomic E-state index is -9.61. The molecule has 1 atom stereocenters. The molecule has 1 saturated carbocycles. The number of rotatable bonds is 1. The van der Waals surface area contributed by atoms with Gasteiger partial charge in [0, 0.05) is 0 Å². The van der Waals surface area contributed by atoms with Gasteiger partial charge in [-0.05, 0) is 0 Å². The second-order valence-electron chi connectivity index (χ2n) is 7.22. The first kappa shape index (κ1) is 30.6. The minimum absolute atomic E-state index is 5.19. The van der Waals surface area contributed by atoms with Crippen LogP contribution in [0.15, 0.2) is 0 Å². The van der Waals surface area contributed by atoms with E-state index in [1.54, 1.807) is 0 Å². The Bertz CT molecular complexity index is 896. The molecule has 0 spiro atoms. The predicted octanol–water partition coefficient (Wildman–Crippen LogP) is 6.88. The van der Waals surface area contributed by atoms with Crippen LogP contribution in [0.1, 0.15) is 0 Å². The Balaban J connectivity index is 3.34. The van der Waals surface area contributed by atoms with Crippen LogP contribution in [0.4, 0.5) is 101 Å². The van der Waals surface area contributed by atoms with Crippen LogP contribution >= 0.6 is 0 Å². The SMILES string of the molecule is FC(F)(F)N1C(F)(F)C(F)(F)C(F)(F)C(F)(F)C1(F)C1(F)C(F)(F)C(F)(F)C(F)(F)C(F)(F)C1(F)F. The molecule has 1 aliphatic carbocycles. The second kappa shape index (κ2) is 6.49. The van der Waals surface area contributed by atoms with Crippen molar-refractivity contribution in [2.45, 2.75) is 71.2 Å². The lowest BCUT2D eigenvalue weighted by Gasteiger charge is -2.62. The predicted molar refractivity (Wildman–Crippen MR) is 60.1 cm³/mol. The standard InChI is InChI=1S/C12F23N/c13-1(2(14,15)4(18,19)6(22,23)5(20,21)3(1,16)17)10(30)8(26,27)7(24,25)9(28,29)11(31,32)36(10)12(33,34)35. The molecular weight excluding hydrogens is 595 g/mol. The maximum absolute atomic E-state index is 15.0. The molecule has 1 aliphatic heterocycles. The molecule has 2 aliphatic rings. The van der Waals surface area contributed by atoms with Crippen LogP contribution in [0.5, 0.6) is 0 Å². The molecule has 2 fully saturated rings. The highest BCUT2D eigenvalue weighted by atomic mass is 19.4. The van der Waals surface area contributed by atoms with E-state index < -0.39 is 76.1 Å². The molecule has 1 heterocycles. The number of nitrogens with zero attached hydrogens (tertiary/aromatic N) is 1. The zero-order chi connectivity index (χ0) is 29.6. The van der Waals surface area contributed by atoms with Gasteiger partial charge in [-0.2, -0.15) is 92.2 Å². The highest BCUT2D eigenvalue weighted by Gasteiger charge is 3.11. The molecule has 1 saturated heterocycles. The Morgan fingerprint density at radius 2 is 0.583 bits per heavy atom. The Morgan fingerprint density at radius 1 is 0.333 bits per heavy atom. The second-order valence-corrected chi connectivity index (χ2v) is 7.22. The molecule has 2 rings (SSSR count). The van der Waals surface area contributed by atoms with Crippen LogP contribution in [-0.4, -0.2) is 76.1 Å². The van der Waals surface area contributed by atoms with E-state index in [9.17, 15) is 101 Å². The van der Waals surface area contributed by atoms with Crippen LogP contribution in [0.3, 0.4) is 0 Å². The fraction of sp³-hybridized carbons (Fsp3) is 1.00. The van der Waals surface area contributed by atoms with E-state index in [-0.39, 0.29) is 0 Å². The average Bonchev–Trinajstić information content (AvgIpc) is 2.62. The Kier molecular flexibility index (Phi) is 5.51. The number of halogens is 23. The van der Waals surface area contributed by atoms with E-state index in [2.05, 4.69) is 0 Å². The Labute approximate surface area is 178 Å². The summed E-state index contributed by atoms with van der Waals surface area (Å²) in [6, 6.07) is -8.67. The van der Waals surface area contributed by atoms with Crippen molar-refractivity contribution < 1.29 is 101 Å². The van der Waals surface area contributed by atoms with Gasteiger partial charge in [0.2, 0.25) is 0 Å². The number of alkyl halides is 23. The normalized spacial score (nSPS) is 36.8. The number of piperidine rings is 1. The molecule has 214 valence electrons. The molecule has 1 nitrogen and oxygen atoms in total. The third-order valence-electron chi connectivity index (χ3n) is 5.32. The maximum Gasteiger partial charge on any atom is 0.467 e. The summed E-state index contributed by atoms with van der Waals surface area (Å²) in [4.78, 5) is -5.19. The van der Waals surface area contributed by atoms with Crippen molar-refractivity contribution in [2.24, 2.45) is 0 Å². The Hall–Kier alpha value is -1.65. The van der Waals surface area contributed by atoms with Gasteiger partial charge in [0.15, 0.2) is 0 Å². The smallest absolute Gasteiger partial charge is 0.224 e. The van der Waals surface area contributed by atoms with Gasteiger partial charge in [-0.3, -0.25) is 0 Å². The molecule has 0 aromatic rings. The quantitative estimate of drug-likeness (QED) is 0.236. The molecule has 0 bridgehead atoms. The van der Waals surface area contributed by atoms with Crippen molar-refractivity contribution in [1.29, 1.82) is 0 Å². The van der Waals surface area contributed by atoms with E-state index in [0.717, 1.165) is 0 Å². The van der Waals surface area contributed by atoms with Gasteiger partial charge in [0.25, 0.3) is 5.79 Å². The number of hydrogen-bond donors (Lipinski definition) is 0. The van der Waals surface area contributed by atoms with Crippen molar-refractivity contribution in [2.75, 3.05) is 0 Å². The summed E-state index contributed by atoms with van der Waals surface area (Å²) in [5, 5.41) is 0. The number of likely N-dealkylation sites (tertiary alicyclic amines) is 1. The van der Waals surface area contributed by atoms with Gasteiger partial charge in [0.1, 0.15) is 0 Å². The fourth-order valence-corrected chi connectivity index (χ4v) is 3.41. The lowest BCUT2D eigenvalue weighted by atomic mass is 9.63. The highest BCUT2D eigenvalue weighted by molar-refractivity contribution is 5.36. The third-order valence-corrected chi connectivity index (χ3v) is 5.32. The van der Waals surface area contributed by atoms with Gasteiger partial charge in [0.05, 0.1) is 0 Å². The van der Waals surface area contributed by atoms with Crippen molar-refractivity contribution in [3.05, 3.63) is 0 Å². The number of hydrogen-bond acceptors (Lipinski definition) is 1. The average molecular weight is 595 g/mol. The topological polar surface area (TPSA) is 3.24 Å². The van der Waals surface area contributed by atoms with Crippen LogP contribution in [0.2, 0.25) is 0 Å². The minimum Gasteiger partial charge on any atom is -0.224 e. The summed E-state index contributed by atoms with van der Waals surface area (Å²) < 4.78 is 313. The molecule has 0 aromatic carbocycles. The van der Waals surface area contributed by atoms with Crippen molar-refractivity contribution in [3.8, 4) is 0 Å². The van der Waals surface area contributed by atoms with E-state index in [0.29, 0.717) is 0 Å². The first-order chi connectivity index (χ1) is 15.1. The molecule has 1 unspecified atom stereocenters. The summed E-state index contributed by atoms with van der Waals surface area (Å²) in [5.74, 6) is -80.4. The lowest BCUT2D eigenvalue weighted by molar-refractivity contribution is -0.578. The van der Waals surface area contributed by atoms with Crippen molar-refractivity contribution in [1.82, 2.24) is 4.90 Å². The van der Waals surface area contributed by atoms with E-state index in [1.165, 1.54) is 0 Å². The Morgan fingerprint density at radius 3 is 0.861 bits per heavy atom. The van der Waals surface area contributed by atoms with E-state index >= 15 is 0 Å². The molecule has 0 amide bonds. The fourth-order valence-electron chi connectivity index (χ4n) is 3.41. The molecule has 0 radical (unpaired) electrons. The molecule has 36 heavy (non-hydrogen) atoms. The lowest BCUT2D eigenvalue weighted by Crippen LogP contribution is -2.97. The van der Waals surface area contributed by atoms with Gasteiger partial charge in [-0.1, -0.05) is 0 Å². The summed E-state index contributed by atoms with van der Waals surface area (Å²) in [5.41, 5.74) is -9.61. The van der Waals surface area contributed by atoms with Crippen LogP contribution in [0, 0.1) is 0 Å². The van der Waals surface area contributed by atoms with Crippen LogP contribution < -0.4 is 0 Å². The summed E-state index contributed by atoms with van der Waals surface area (Å²) in [7, 11) is 0. The van der Waals surface area contributed by atoms with E-state index in [4.69, 9.17) is 0 Å². The van der Waals surface area contributed by atoms with Crippen molar-refractivity contribution in [3.63, 3.8) is 0 Å². The maximum atomic E-state index is 15.0. The first-order valence-corrected chi connectivity index (χ1v) is 7.77. The molecule has 0 aromatic heterocycles. The zero-order valence-corrected chi connectivity index (χ0v) is 15.1. The monoisotopic (exact) mass is 595 g/mol. The van der Waals surface area contributed by atoms with E-state index in [1.807, 2.05) is 0 Å². The van der Waals surface area contributed by atoms with Crippen molar-refractivity contribution >= 4 is 0 Å². The molecular formula is C12F23N. The van der Waals surface area contributed by atoms with Gasteiger partial charge < -0.3 is 0 Å². The third kappa shape index (κ3) is 2.39. The summed E-state index contributed by atoms with van der Waals surface area (Å²) in [6.45, 7) is 0. The first-order valence-electron chi connectivity index (χ1n) is 7.77. The summed E-state index contributed by atoms with van der Waals surface area (Å²) >= 11 is 0. The molecule has 24 heteroatoms. The van der Waals surface area contributed by atoms with Gasteiger partial charge in [-0.25, -0.2) is 8.78 Å².